The summed E-state index contributed by atoms with van der Waals surface area (Å²) in [5, 5.41) is 0. The summed E-state index contributed by atoms with van der Waals surface area (Å²) in [6, 6.07) is 9.56. The van der Waals surface area contributed by atoms with Gasteiger partial charge in [-0.3, -0.25) is 4.90 Å². The fourth-order valence-corrected chi connectivity index (χ4v) is 3.34. The molecule has 0 N–H and O–H groups in total. The topological polar surface area (TPSA) is 61.1 Å². The van der Waals surface area contributed by atoms with Gasteiger partial charge in [0.1, 0.15) is 17.3 Å². The first-order valence-corrected chi connectivity index (χ1v) is 8.29. The first kappa shape index (κ1) is 17.4. The van der Waals surface area contributed by atoms with Gasteiger partial charge in [-0.2, -0.15) is 0 Å². The molecule has 1 fully saturated rings. The second-order valence-electron chi connectivity index (χ2n) is 5.99. The van der Waals surface area contributed by atoms with E-state index < -0.39 is 5.97 Å². The number of esters is 1. The van der Waals surface area contributed by atoms with Crippen LogP contribution in [0.3, 0.4) is 0 Å². The molecule has 1 aliphatic rings. The Morgan fingerprint density at radius 1 is 1.20 bits per heavy atom. The van der Waals surface area contributed by atoms with E-state index in [4.69, 9.17) is 13.9 Å². The Labute approximate surface area is 147 Å². The van der Waals surface area contributed by atoms with Crippen molar-refractivity contribution in [2.75, 3.05) is 27.9 Å². The Kier molecular flexibility index (Phi) is 5.28. The van der Waals surface area contributed by atoms with Gasteiger partial charge in [-0.15, -0.1) is 0 Å². The van der Waals surface area contributed by atoms with Gasteiger partial charge in [0.25, 0.3) is 0 Å². The molecule has 1 atom stereocenters. The zero-order valence-corrected chi connectivity index (χ0v) is 14.8. The molecular weight excluding hydrogens is 322 g/mol. The van der Waals surface area contributed by atoms with Gasteiger partial charge in [0.15, 0.2) is 0 Å². The monoisotopic (exact) mass is 345 g/mol. The maximum absolute atomic E-state index is 11.5. The molecule has 3 rings (SSSR count). The number of rotatable bonds is 6. The highest BCUT2D eigenvalue weighted by Gasteiger charge is 2.29. The first-order chi connectivity index (χ1) is 12.2. The number of likely N-dealkylation sites (tertiary alicyclic amines) is 1. The summed E-state index contributed by atoms with van der Waals surface area (Å²) < 4.78 is 21.2. The number of hydrogen-bond donors (Lipinski definition) is 0. The van der Waals surface area contributed by atoms with Gasteiger partial charge in [0, 0.05) is 11.6 Å². The summed E-state index contributed by atoms with van der Waals surface area (Å²) in [6.07, 6.45) is 2.13. The summed E-state index contributed by atoms with van der Waals surface area (Å²) in [5.74, 6) is 2.18. The van der Waals surface area contributed by atoms with Gasteiger partial charge in [-0.05, 0) is 49.7 Å². The first-order valence-electron chi connectivity index (χ1n) is 8.29. The van der Waals surface area contributed by atoms with Crippen LogP contribution in [0.1, 0.15) is 40.8 Å². The van der Waals surface area contributed by atoms with Crippen molar-refractivity contribution >= 4 is 5.97 Å². The lowest BCUT2D eigenvalue weighted by atomic mass is 10.0. The molecule has 1 aromatic carbocycles. The summed E-state index contributed by atoms with van der Waals surface area (Å²) in [6.45, 7) is 1.58. The molecule has 0 spiro atoms. The molecule has 0 amide bonds. The largest absolute Gasteiger partial charge is 0.497 e. The summed E-state index contributed by atoms with van der Waals surface area (Å²) in [7, 11) is 4.69. The number of benzene rings is 1. The van der Waals surface area contributed by atoms with Crippen molar-refractivity contribution in [2.24, 2.45) is 0 Å². The van der Waals surface area contributed by atoms with E-state index in [1.165, 1.54) is 7.11 Å². The Balaban J connectivity index is 1.81. The van der Waals surface area contributed by atoms with E-state index in [9.17, 15) is 4.79 Å². The predicted octanol–water partition coefficient (Wildman–Crippen LogP) is 3.42. The molecule has 1 aliphatic heterocycles. The minimum atomic E-state index is -0.460. The summed E-state index contributed by atoms with van der Waals surface area (Å²) >= 11 is 0. The predicted molar refractivity (Wildman–Crippen MR) is 92.0 cm³/mol. The van der Waals surface area contributed by atoms with Crippen LogP contribution in [0.2, 0.25) is 0 Å². The molecule has 134 valence electrons. The third-order valence-corrected chi connectivity index (χ3v) is 4.57. The number of nitrogens with zero attached hydrogens (tertiary/aromatic N) is 1. The van der Waals surface area contributed by atoms with Crippen molar-refractivity contribution in [1.29, 1.82) is 0 Å². The Hall–Kier alpha value is -2.47. The molecule has 6 heteroatoms. The lowest BCUT2D eigenvalue weighted by Gasteiger charge is -2.25. The Morgan fingerprint density at radius 2 is 2.04 bits per heavy atom. The zero-order chi connectivity index (χ0) is 17.8. The molecule has 0 saturated carbocycles. The number of ether oxygens (including phenoxy) is 3. The maximum Gasteiger partial charge on any atom is 0.373 e. The smallest absolute Gasteiger partial charge is 0.373 e. The summed E-state index contributed by atoms with van der Waals surface area (Å²) in [5.41, 5.74) is 1.11. The van der Waals surface area contributed by atoms with Gasteiger partial charge in [-0.1, -0.05) is 0 Å². The Bertz CT molecular complexity index is 739. The van der Waals surface area contributed by atoms with Crippen LogP contribution in [-0.2, 0) is 11.3 Å². The van der Waals surface area contributed by atoms with E-state index in [0.29, 0.717) is 6.54 Å². The van der Waals surface area contributed by atoms with Gasteiger partial charge in [0.05, 0.1) is 27.9 Å². The van der Waals surface area contributed by atoms with Crippen molar-refractivity contribution in [2.45, 2.75) is 25.4 Å². The van der Waals surface area contributed by atoms with Crippen LogP contribution in [-0.4, -0.2) is 38.7 Å². The van der Waals surface area contributed by atoms with Crippen molar-refractivity contribution < 1.29 is 23.4 Å². The van der Waals surface area contributed by atoms with E-state index in [1.54, 1.807) is 20.3 Å². The van der Waals surface area contributed by atoms with Crippen LogP contribution in [0.15, 0.2) is 34.7 Å². The zero-order valence-electron chi connectivity index (χ0n) is 14.8. The molecule has 2 heterocycles. The highest BCUT2D eigenvalue weighted by molar-refractivity contribution is 5.86. The van der Waals surface area contributed by atoms with Gasteiger partial charge < -0.3 is 18.6 Å². The minimum Gasteiger partial charge on any atom is -0.497 e. The van der Waals surface area contributed by atoms with E-state index in [1.807, 2.05) is 24.3 Å². The normalized spacial score (nSPS) is 17.5. The van der Waals surface area contributed by atoms with E-state index in [-0.39, 0.29) is 11.8 Å². The molecule has 1 unspecified atom stereocenters. The molecule has 0 aliphatic carbocycles. The van der Waals surface area contributed by atoms with Crippen LogP contribution in [0.5, 0.6) is 11.5 Å². The van der Waals surface area contributed by atoms with Crippen molar-refractivity contribution in [1.82, 2.24) is 4.90 Å². The average Bonchev–Trinajstić information content (AvgIpc) is 3.30. The SMILES string of the molecule is COC(=O)c1ccc(CN2CCCC2c2cc(OC)ccc2OC)o1. The maximum atomic E-state index is 11.5. The lowest BCUT2D eigenvalue weighted by Crippen LogP contribution is -2.23. The average molecular weight is 345 g/mol. The van der Waals surface area contributed by atoms with Gasteiger partial charge >= 0.3 is 5.97 Å². The van der Waals surface area contributed by atoms with Crippen molar-refractivity contribution in [3.63, 3.8) is 0 Å². The highest BCUT2D eigenvalue weighted by Crippen LogP contribution is 2.39. The van der Waals surface area contributed by atoms with Crippen LogP contribution in [0.4, 0.5) is 0 Å². The molecule has 0 radical (unpaired) electrons. The fraction of sp³-hybridized carbons (Fsp3) is 0.421. The Morgan fingerprint density at radius 3 is 2.76 bits per heavy atom. The number of hydrogen-bond acceptors (Lipinski definition) is 6. The van der Waals surface area contributed by atoms with Crippen molar-refractivity contribution in [3.05, 3.63) is 47.4 Å². The van der Waals surface area contributed by atoms with E-state index in [2.05, 4.69) is 9.64 Å². The summed E-state index contributed by atoms with van der Waals surface area (Å²) in [4.78, 5) is 13.9. The van der Waals surface area contributed by atoms with E-state index in [0.717, 1.165) is 42.2 Å². The van der Waals surface area contributed by atoms with Crippen LogP contribution in [0.25, 0.3) is 0 Å². The third kappa shape index (κ3) is 3.64. The number of carbonyl (C=O) groups is 1. The fourth-order valence-electron chi connectivity index (χ4n) is 3.34. The number of furan rings is 1. The quantitative estimate of drug-likeness (QED) is 0.748. The minimum absolute atomic E-state index is 0.219. The molecular formula is C19H23NO5. The van der Waals surface area contributed by atoms with Crippen LogP contribution in [0, 0.1) is 0 Å². The second-order valence-corrected chi connectivity index (χ2v) is 5.99. The molecule has 2 aromatic rings. The highest BCUT2D eigenvalue weighted by atomic mass is 16.5. The molecule has 1 saturated heterocycles. The molecule has 0 bridgehead atoms. The second kappa shape index (κ2) is 7.61. The van der Waals surface area contributed by atoms with E-state index >= 15 is 0 Å². The van der Waals surface area contributed by atoms with Crippen molar-refractivity contribution in [3.8, 4) is 11.5 Å². The molecule has 6 nitrogen and oxygen atoms in total. The standard InChI is InChI=1S/C19H23NO5/c1-22-13-6-8-17(23-2)15(11-13)16-5-4-10-20(16)12-14-7-9-18(25-14)19(21)24-3/h6-9,11,16H,4-5,10,12H2,1-3H3. The van der Waals surface area contributed by atoms with Gasteiger partial charge in [0.2, 0.25) is 5.76 Å². The number of methoxy groups -OCH3 is 3. The number of carbonyl (C=O) groups excluding carboxylic acids is 1. The molecule has 25 heavy (non-hydrogen) atoms. The van der Waals surface area contributed by atoms with Gasteiger partial charge in [-0.25, -0.2) is 4.79 Å². The van der Waals surface area contributed by atoms with Crippen LogP contribution >= 0.6 is 0 Å². The lowest BCUT2D eigenvalue weighted by molar-refractivity contribution is 0.0561. The van der Waals surface area contributed by atoms with Crippen LogP contribution < -0.4 is 9.47 Å². The molecule has 1 aromatic heterocycles. The third-order valence-electron chi connectivity index (χ3n) is 4.57.